The fraction of sp³-hybridized carbons (Fsp3) is 0.568. The first-order valence-corrected chi connectivity index (χ1v) is 21.4. The van der Waals surface area contributed by atoms with Gasteiger partial charge in [-0.05, 0) is 84.7 Å². The zero-order valence-electron chi connectivity index (χ0n) is 29.7. The minimum Gasteiger partial charge on any atom is -0.444 e. The molecule has 5 atom stereocenters. The molecular formula is C37H43IN6O9S. The number of ether oxygens (including phenoxy) is 1. The van der Waals surface area contributed by atoms with Crippen molar-refractivity contribution in [2.45, 2.75) is 106 Å². The molecule has 4 fully saturated rings. The van der Waals surface area contributed by atoms with Crippen LogP contribution in [0.25, 0.3) is 0 Å². The summed E-state index contributed by atoms with van der Waals surface area (Å²) in [5.74, 6) is -2.45. The number of nitrogens with zero attached hydrogens (tertiary/aromatic N) is 3. The Morgan fingerprint density at radius 1 is 0.981 bits per heavy atom. The Hall–Kier alpha value is -4.00. The van der Waals surface area contributed by atoms with E-state index in [2.05, 4.69) is 37.9 Å². The van der Waals surface area contributed by atoms with E-state index in [1.807, 2.05) is 35.3 Å². The van der Waals surface area contributed by atoms with E-state index in [0.29, 0.717) is 58.3 Å². The van der Waals surface area contributed by atoms with Gasteiger partial charge in [0.2, 0.25) is 21.8 Å². The molecule has 4 heterocycles. The number of nitrogens with one attached hydrogen (secondary N) is 3. The number of hydrogen-bond donors (Lipinski definition) is 3. The zero-order valence-corrected chi connectivity index (χ0v) is 32.7. The van der Waals surface area contributed by atoms with Crippen LogP contribution in [-0.2, 0) is 42.2 Å². The average molecular weight is 875 g/mol. The Morgan fingerprint density at radius 2 is 1.78 bits per heavy atom. The van der Waals surface area contributed by atoms with Crippen molar-refractivity contribution < 1.29 is 32.3 Å². The number of halogens is 1. The first-order valence-electron chi connectivity index (χ1n) is 18.8. The molecule has 6 aliphatic rings. The Balaban J connectivity index is 1.07. The summed E-state index contributed by atoms with van der Waals surface area (Å²) >= 11 is 2.23. The molecule has 0 bridgehead atoms. The number of carbonyl (C=O) groups excluding carboxylic acids is 4. The zero-order chi connectivity index (χ0) is 37.9. The van der Waals surface area contributed by atoms with Crippen LogP contribution in [0.1, 0.15) is 75.3 Å². The lowest BCUT2D eigenvalue weighted by Gasteiger charge is -2.36. The Labute approximate surface area is 326 Å². The number of fused-ring (bicyclic) bond motifs is 3. The highest BCUT2D eigenvalue weighted by molar-refractivity contribution is 14.1. The molecule has 288 valence electrons. The third kappa shape index (κ3) is 6.90. The predicted octanol–water partition coefficient (Wildman–Crippen LogP) is 2.00. The number of benzene rings is 1. The van der Waals surface area contributed by atoms with E-state index in [9.17, 15) is 37.2 Å². The van der Waals surface area contributed by atoms with Crippen molar-refractivity contribution in [3.05, 3.63) is 65.5 Å². The van der Waals surface area contributed by atoms with Gasteiger partial charge < -0.3 is 25.2 Å². The predicted molar refractivity (Wildman–Crippen MR) is 206 cm³/mol. The standard InChI is InChI=1S/C37H43IN6O9S/c38-26-10-6-8-21-18-43(20-25(21)26)36(50)53-23-16-28-33(47)40-37(35(49)41-54(51,52)24-12-13-24)17-22(37)9-4-2-1-3-5-11-27(34(48)44(28)19-23)39-29-30(32(46)31(29)45)42-14-7-15-42/h4,6,8-10,22-24,27-28,39H,1-3,5,7,11-20H2,(H,40,47)(H,41,49)/b9-4-/t22-,23-,27+,28+,37-/m1/s1. The van der Waals surface area contributed by atoms with Crippen molar-refractivity contribution in [1.29, 1.82) is 0 Å². The maximum atomic E-state index is 14.6. The largest absolute Gasteiger partial charge is 0.444 e. The average Bonchev–Trinajstić information content (AvgIpc) is 4.00. The highest BCUT2D eigenvalue weighted by Gasteiger charge is 2.62. The van der Waals surface area contributed by atoms with Crippen molar-refractivity contribution in [1.82, 2.24) is 19.8 Å². The summed E-state index contributed by atoms with van der Waals surface area (Å²) in [5.41, 5.74) is -0.402. The van der Waals surface area contributed by atoms with E-state index >= 15 is 0 Å². The molecule has 2 aliphatic carbocycles. The third-order valence-electron chi connectivity index (χ3n) is 11.7. The quantitative estimate of drug-likeness (QED) is 0.210. The van der Waals surface area contributed by atoms with E-state index in [1.165, 1.54) is 4.90 Å². The maximum absolute atomic E-state index is 14.6. The number of anilines is 2. The molecule has 4 amide bonds. The molecule has 0 spiro atoms. The Kier molecular flexibility index (Phi) is 9.75. The summed E-state index contributed by atoms with van der Waals surface area (Å²) in [6, 6.07) is 3.70. The molecule has 2 aromatic carbocycles. The van der Waals surface area contributed by atoms with Crippen molar-refractivity contribution in [2.75, 3.05) is 29.9 Å². The normalized spacial score (nSPS) is 29.2. The second-order valence-electron chi connectivity index (χ2n) is 15.4. The number of hydrogen-bond acceptors (Lipinski definition) is 11. The van der Waals surface area contributed by atoms with Gasteiger partial charge in [-0.25, -0.2) is 13.2 Å². The summed E-state index contributed by atoms with van der Waals surface area (Å²) in [7, 11) is -3.91. The fourth-order valence-corrected chi connectivity index (χ4v) is 10.2. The van der Waals surface area contributed by atoms with Crippen LogP contribution in [0.15, 0.2) is 39.9 Å². The van der Waals surface area contributed by atoms with Gasteiger partial charge in [0, 0.05) is 35.5 Å². The van der Waals surface area contributed by atoms with E-state index in [-0.39, 0.29) is 30.8 Å². The molecule has 0 aromatic heterocycles. The lowest BCUT2D eigenvalue weighted by molar-refractivity contribution is -0.140. The van der Waals surface area contributed by atoms with Gasteiger partial charge in [0.1, 0.15) is 35.1 Å². The third-order valence-corrected chi connectivity index (χ3v) is 14.5. The summed E-state index contributed by atoms with van der Waals surface area (Å²) < 4.78 is 34.8. The fourth-order valence-electron chi connectivity index (χ4n) is 8.10. The molecule has 2 saturated heterocycles. The van der Waals surface area contributed by atoms with Crippen LogP contribution in [0.3, 0.4) is 0 Å². The van der Waals surface area contributed by atoms with Crippen molar-refractivity contribution in [3.8, 4) is 0 Å². The van der Waals surface area contributed by atoms with Gasteiger partial charge in [-0.3, -0.25) is 33.6 Å². The molecule has 3 N–H and O–H groups in total. The van der Waals surface area contributed by atoms with Gasteiger partial charge in [0.05, 0.1) is 18.3 Å². The number of sulfonamides is 1. The minimum atomic E-state index is -3.91. The highest BCUT2D eigenvalue weighted by atomic mass is 127. The van der Waals surface area contributed by atoms with E-state index in [4.69, 9.17) is 4.74 Å². The highest BCUT2D eigenvalue weighted by Crippen LogP contribution is 2.46. The number of carbonyl (C=O) groups is 4. The summed E-state index contributed by atoms with van der Waals surface area (Å²) in [5, 5.41) is 5.28. The lowest BCUT2D eigenvalue weighted by Crippen LogP contribution is -2.58. The van der Waals surface area contributed by atoms with E-state index < -0.39 is 79.6 Å². The van der Waals surface area contributed by atoms with Gasteiger partial charge in [-0.2, -0.15) is 0 Å². The smallest absolute Gasteiger partial charge is 0.410 e. The Morgan fingerprint density at radius 3 is 2.50 bits per heavy atom. The molecule has 17 heteroatoms. The van der Waals surface area contributed by atoms with Crippen LogP contribution in [0.5, 0.6) is 0 Å². The molecule has 4 aliphatic heterocycles. The summed E-state index contributed by atoms with van der Waals surface area (Å²) in [4.78, 5) is 86.3. The summed E-state index contributed by atoms with van der Waals surface area (Å²) in [6.07, 6.45) is 7.34. The molecule has 0 unspecified atom stereocenters. The number of rotatable bonds is 7. The first kappa shape index (κ1) is 36.9. The monoisotopic (exact) mass is 874 g/mol. The minimum absolute atomic E-state index is 0.0634. The van der Waals surface area contributed by atoms with Crippen molar-refractivity contribution in [3.63, 3.8) is 0 Å². The first-order chi connectivity index (χ1) is 25.9. The van der Waals surface area contributed by atoms with Crippen LogP contribution < -0.4 is 31.1 Å². The van der Waals surface area contributed by atoms with Crippen LogP contribution in [0, 0.1) is 9.49 Å². The van der Waals surface area contributed by atoms with Crippen molar-refractivity contribution in [2.24, 2.45) is 5.92 Å². The van der Waals surface area contributed by atoms with Gasteiger partial charge in [-0.1, -0.05) is 37.1 Å². The van der Waals surface area contributed by atoms with Crippen LogP contribution in [-0.4, -0.2) is 90.6 Å². The van der Waals surface area contributed by atoms with Crippen molar-refractivity contribution >= 4 is 67.8 Å². The molecule has 2 aromatic rings. The van der Waals surface area contributed by atoms with Gasteiger partial charge in [0.15, 0.2) is 0 Å². The summed E-state index contributed by atoms with van der Waals surface area (Å²) in [6.45, 7) is 1.85. The molecular weight excluding hydrogens is 831 g/mol. The van der Waals surface area contributed by atoms with Gasteiger partial charge in [0.25, 0.3) is 16.8 Å². The molecule has 2 saturated carbocycles. The number of amides is 4. The van der Waals surface area contributed by atoms with Gasteiger partial charge in [-0.15, -0.1) is 0 Å². The SMILES string of the molecule is O=C1N[C@]2(C(=O)NS(=O)(=O)C3CC3)C[C@H]2/C=C\CCCCC[C@H](Nc2c(N3CCC3)c(=O)c2=O)C(=O)N2C[C@H](OC(=O)N3Cc4cccc(I)c4C3)C[C@@H]12. The topological polar surface area (TPSA) is 192 Å². The molecule has 15 nitrogen and oxygen atoms in total. The van der Waals surface area contributed by atoms with E-state index in [1.54, 1.807) is 4.90 Å². The molecule has 8 rings (SSSR count). The molecule has 0 radical (unpaired) electrons. The second-order valence-corrected chi connectivity index (χ2v) is 18.5. The Bertz CT molecular complexity index is 2110. The van der Waals surface area contributed by atoms with Crippen LogP contribution >= 0.6 is 22.6 Å². The second kappa shape index (κ2) is 14.3. The van der Waals surface area contributed by atoms with E-state index in [0.717, 1.165) is 34.0 Å². The van der Waals surface area contributed by atoms with Crippen LogP contribution in [0.4, 0.5) is 16.2 Å². The molecule has 54 heavy (non-hydrogen) atoms. The van der Waals surface area contributed by atoms with Gasteiger partial charge >= 0.3 is 6.09 Å². The maximum Gasteiger partial charge on any atom is 0.410 e. The van der Waals surface area contributed by atoms with Crippen LogP contribution in [0.2, 0.25) is 0 Å². The lowest BCUT2D eigenvalue weighted by atomic mass is 10.0. The number of allylic oxidation sites excluding steroid dienone is 1.